The molecule has 2 rings (SSSR count). The van der Waals surface area contributed by atoms with Crippen molar-refractivity contribution in [2.45, 2.75) is 51.4 Å². The molecule has 0 bridgehead atoms. The Morgan fingerprint density at radius 1 is 1.42 bits per heavy atom. The molecule has 1 aromatic rings. The number of likely N-dealkylation sites (tertiary alicyclic amines) is 1. The average Bonchev–Trinajstić information content (AvgIpc) is 3.08. The molecule has 1 saturated heterocycles. The summed E-state index contributed by atoms with van der Waals surface area (Å²) in [5, 5.41) is 2.78. The van der Waals surface area contributed by atoms with Gasteiger partial charge >= 0.3 is 6.18 Å². The molecule has 0 unspecified atom stereocenters. The third-order valence-electron chi connectivity index (χ3n) is 4.12. The third kappa shape index (κ3) is 6.73. The van der Waals surface area contributed by atoms with Crippen LogP contribution < -0.4 is 5.32 Å². The Morgan fingerprint density at radius 2 is 2.17 bits per heavy atom. The molecule has 2 heterocycles. The van der Waals surface area contributed by atoms with E-state index in [4.69, 9.17) is 4.42 Å². The monoisotopic (exact) mass is 368 g/mol. The van der Waals surface area contributed by atoms with Crippen LogP contribution in [0, 0.1) is 5.92 Å². The summed E-state index contributed by atoms with van der Waals surface area (Å²) in [4.78, 5) is 13.9. The molecule has 2 atom stereocenters. The fourth-order valence-corrected chi connectivity index (χ4v) is 3.07. The Balaban J connectivity index is 0.00000288. The van der Waals surface area contributed by atoms with Crippen LogP contribution in [0.1, 0.15) is 38.4 Å². The van der Waals surface area contributed by atoms with Crippen LogP contribution in [-0.2, 0) is 11.3 Å². The van der Waals surface area contributed by atoms with E-state index in [0.717, 1.165) is 25.1 Å². The Hall–Kier alpha value is -1.21. The number of amides is 1. The number of furan rings is 1. The highest BCUT2D eigenvalue weighted by Crippen LogP contribution is 2.25. The van der Waals surface area contributed by atoms with Gasteiger partial charge in [-0.3, -0.25) is 9.69 Å². The van der Waals surface area contributed by atoms with Gasteiger partial charge in [0, 0.05) is 25.6 Å². The van der Waals surface area contributed by atoms with Crippen LogP contribution >= 0.6 is 12.4 Å². The van der Waals surface area contributed by atoms with Gasteiger partial charge in [-0.25, -0.2) is 0 Å². The lowest BCUT2D eigenvalue weighted by molar-refractivity contribution is -0.144. The van der Waals surface area contributed by atoms with Crippen molar-refractivity contribution in [1.29, 1.82) is 0 Å². The molecule has 8 heteroatoms. The second-order valence-electron chi connectivity index (χ2n) is 6.11. The smallest absolute Gasteiger partial charge is 0.389 e. The van der Waals surface area contributed by atoms with E-state index in [1.807, 2.05) is 12.1 Å². The zero-order chi connectivity index (χ0) is 16.9. The zero-order valence-corrected chi connectivity index (χ0v) is 14.5. The van der Waals surface area contributed by atoms with Crippen molar-refractivity contribution in [1.82, 2.24) is 10.2 Å². The maximum absolute atomic E-state index is 12.2. The number of nitrogens with zero attached hydrogens (tertiary/aromatic N) is 1. The molecule has 0 aromatic carbocycles. The molecule has 1 amide bonds. The fraction of sp³-hybridized carbons (Fsp3) is 0.688. The third-order valence-corrected chi connectivity index (χ3v) is 4.12. The lowest BCUT2D eigenvalue weighted by Crippen LogP contribution is -2.40. The number of hydrogen-bond donors (Lipinski definition) is 1. The first-order valence-electron chi connectivity index (χ1n) is 7.98. The quantitative estimate of drug-likeness (QED) is 0.797. The molecular formula is C16H24ClF3N2O2. The lowest BCUT2D eigenvalue weighted by Gasteiger charge is -2.19. The summed E-state index contributed by atoms with van der Waals surface area (Å²) >= 11 is 0. The van der Waals surface area contributed by atoms with Gasteiger partial charge in [0.25, 0.3) is 0 Å². The van der Waals surface area contributed by atoms with Crippen molar-refractivity contribution >= 4 is 18.3 Å². The van der Waals surface area contributed by atoms with Gasteiger partial charge in [-0.1, -0.05) is 13.3 Å². The predicted molar refractivity (Wildman–Crippen MR) is 86.9 cm³/mol. The van der Waals surface area contributed by atoms with E-state index in [2.05, 4.69) is 17.1 Å². The van der Waals surface area contributed by atoms with Crippen molar-refractivity contribution in [3.8, 4) is 0 Å². The van der Waals surface area contributed by atoms with Crippen LogP contribution in [-0.4, -0.2) is 36.1 Å². The van der Waals surface area contributed by atoms with Gasteiger partial charge in [0.2, 0.25) is 5.91 Å². The van der Waals surface area contributed by atoms with Crippen molar-refractivity contribution < 1.29 is 22.4 Å². The maximum Gasteiger partial charge on any atom is 0.389 e. The van der Waals surface area contributed by atoms with Crippen LogP contribution in [0.25, 0.3) is 0 Å². The summed E-state index contributed by atoms with van der Waals surface area (Å²) in [6, 6.07) is 3.63. The molecule has 24 heavy (non-hydrogen) atoms. The Kier molecular flexibility index (Phi) is 8.09. The van der Waals surface area contributed by atoms with Crippen LogP contribution in [0.4, 0.5) is 13.2 Å². The zero-order valence-electron chi connectivity index (χ0n) is 13.6. The molecule has 1 aliphatic rings. The fourth-order valence-electron chi connectivity index (χ4n) is 3.07. The van der Waals surface area contributed by atoms with Crippen LogP contribution in [0.5, 0.6) is 0 Å². The molecule has 1 fully saturated rings. The molecule has 0 radical (unpaired) electrons. The van der Waals surface area contributed by atoms with Crippen LogP contribution in [0.2, 0.25) is 0 Å². The van der Waals surface area contributed by atoms with Gasteiger partial charge in [-0.2, -0.15) is 13.2 Å². The standard InChI is InChI=1S/C16H23F3N2O2.ClH/c1-2-4-12-9-21(10-13-5-3-8-23-13)11-14(12)20-15(22)6-7-16(17,18)19;/h3,5,8,12,14H,2,4,6-7,9-11H2,1H3,(H,20,22);1H/t12-,14-;/m0./s1. The molecule has 1 N–H and O–H groups in total. The molecular weight excluding hydrogens is 345 g/mol. The first-order valence-corrected chi connectivity index (χ1v) is 7.98. The van der Waals surface area contributed by atoms with E-state index >= 15 is 0 Å². The normalized spacial score (nSPS) is 21.5. The summed E-state index contributed by atoms with van der Waals surface area (Å²) in [5.41, 5.74) is 0. The van der Waals surface area contributed by atoms with Crippen LogP contribution in [0.15, 0.2) is 22.8 Å². The van der Waals surface area contributed by atoms with E-state index in [0.29, 0.717) is 13.1 Å². The van der Waals surface area contributed by atoms with Crippen molar-refractivity contribution in [2.24, 2.45) is 5.92 Å². The minimum atomic E-state index is -4.29. The average molecular weight is 369 g/mol. The molecule has 4 nitrogen and oxygen atoms in total. The molecule has 1 aliphatic heterocycles. The van der Waals surface area contributed by atoms with Gasteiger partial charge < -0.3 is 9.73 Å². The number of rotatable bonds is 7. The van der Waals surface area contributed by atoms with Crippen molar-refractivity contribution in [3.05, 3.63) is 24.2 Å². The van der Waals surface area contributed by atoms with Gasteiger partial charge in [-0.05, 0) is 24.5 Å². The maximum atomic E-state index is 12.2. The minimum Gasteiger partial charge on any atom is -0.468 e. The first kappa shape index (κ1) is 20.8. The second-order valence-corrected chi connectivity index (χ2v) is 6.11. The lowest BCUT2D eigenvalue weighted by atomic mass is 9.98. The molecule has 0 saturated carbocycles. The van der Waals surface area contributed by atoms with Gasteiger partial charge in [0.05, 0.1) is 19.2 Å². The van der Waals surface area contributed by atoms with Crippen molar-refractivity contribution in [2.75, 3.05) is 13.1 Å². The summed E-state index contributed by atoms with van der Waals surface area (Å²) in [7, 11) is 0. The van der Waals surface area contributed by atoms with Gasteiger partial charge in [0.15, 0.2) is 0 Å². The number of carbonyl (C=O) groups excluding carboxylic acids is 1. The molecule has 0 aliphatic carbocycles. The van der Waals surface area contributed by atoms with Crippen molar-refractivity contribution in [3.63, 3.8) is 0 Å². The topological polar surface area (TPSA) is 45.5 Å². The largest absolute Gasteiger partial charge is 0.468 e. The summed E-state index contributed by atoms with van der Waals surface area (Å²) in [5.74, 6) is 0.599. The second kappa shape index (κ2) is 9.32. The number of nitrogens with one attached hydrogen (secondary N) is 1. The molecule has 0 spiro atoms. The highest BCUT2D eigenvalue weighted by molar-refractivity contribution is 5.85. The predicted octanol–water partition coefficient (Wildman–Crippen LogP) is 3.76. The Morgan fingerprint density at radius 3 is 2.75 bits per heavy atom. The van der Waals surface area contributed by atoms with E-state index in [-0.39, 0.29) is 24.4 Å². The van der Waals surface area contributed by atoms with E-state index < -0.39 is 24.9 Å². The number of carbonyl (C=O) groups is 1. The molecule has 1 aromatic heterocycles. The SMILES string of the molecule is CCC[C@H]1CN(Cc2ccco2)C[C@@H]1NC(=O)CCC(F)(F)F.Cl. The Labute approximate surface area is 146 Å². The highest BCUT2D eigenvalue weighted by Gasteiger charge is 2.34. The highest BCUT2D eigenvalue weighted by atomic mass is 35.5. The van der Waals surface area contributed by atoms with E-state index in [1.165, 1.54) is 0 Å². The number of halogens is 4. The first-order chi connectivity index (χ1) is 10.9. The summed E-state index contributed by atoms with van der Waals surface area (Å²) in [6.45, 7) is 4.18. The van der Waals surface area contributed by atoms with E-state index in [1.54, 1.807) is 6.26 Å². The van der Waals surface area contributed by atoms with E-state index in [9.17, 15) is 18.0 Å². The minimum absolute atomic E-state index is 0. The Bertz CT molecular complexity index is 494. The van der Waals surface area contributed by atoms with Gasteiger partial charge in [-0.15, -0.1) is 12.4 Å². The summed E-state index contributed by atoms with van der Waals surface area (Å²) < 4.78 is 41.9. The van der Waals surface area contributed by atoms with Gasteiger partial charge in [0.1, 0.15) is 5.76 Å². The summed E-state index contributed by atoms with van der Waals surface area (Å²) in [6.07, 6.45) is -2.32. The number of hydrogen-bond acceptors (Lipinski definition) is 3. The number of alkyl halides is 3. The molecule has 138 valence electrons. The van der Waals surface area contributed by atoms with Crippen LogP contribution in [0.3, 0.4) is 0 Å².